The van der Waals surface area contributed by atoms with Crippen molar-refractivity contribution in [2.75, 3.05) is 13.7 Å². The number of carbonyl (C=O) groups excluding carboxylic acids is 1. The fraction of sp³-hybridized carbons (Fsp3) is 0.167. The monoisotopic (exact) mass is 313 g/mol. The lowest BCUT2D eigenvalue weighted by Gasteiger charge is -2.04. The van der Waals surface area contributed by atoms with Crippen molar-refractivity contribution in [2.45, 2.75) is 6.61 Å². The van der Waals surface area contributed by atoms with Crippen molar-refractivity contribution < 1.29 is 18.7 Å². The molecule has 1 N–H and O–H groups in total. The number of alkyl carbamates (subject to hydrolysis) is 1. The molecular formula is C18H16FNO3. The minimum Gasteiger partial charge on any atom is -0.495 e. The van der Waals surface area contributed by atoms with Crippen LogP contribution in [0, 0.1) is 17.7 Å². The van der Waals surface area contributed by atoms with Gasteiger partial charge in [0.15, 0.2) is 0 Å². The summed E-state index contributed by atoms with van der Waals surface area (Å²) in [7, 11) is 1.48. The maximum atomic E-state index is 13.2. The van der Waals surface area contributed by atoms with Gasteiger partial charge >= 0.3 is 6.09 Å². The fourth-order valence-electron chi connectivity index (χ4n) is 1.81. The van der Waals surface area contributed by atoms with Crippen LogP contribution in [-0.4, -0.2) is 19.7 Å². The number of hydrogen-bond acceptors (Lipinski definition) is 3. The minimum absolute atomic E-state index is 0.0906. The Hall–Kier alpha value is -3.00. The Kier molecular flexibility index (Phi) is 6.01. The first kappa shape index (κ1) is 16.4. The van der Waals surface area contributed by atoms with Gasteiger partial charge in [0.2, 0.25) is 0 Å². The summed E-state index contributed by atoms with van der Waals surface area (Å²) >= 11 is 0. The van der Waals surface area contributed by atoms with E-state index in [1.165, 1.54) is 25.3 Å². The van der Waals surface area contributed by atoms with Crippen molar-refractivity contribution in [3.8, 4) is 17.6 Å². The number of methoxy groups -OCH3 is 1. The minimum atomic E-state index is -0.561. The molecule has 4 nitrogen and oxygen atoms in total. The molecular weight excluding hydrogens is 297 g/mol. The van der Waals surface area contributed by atoms with Crippen LogP contribution in [0.15, 0.2) is 48.5 Å². The van der Waals surface area contributed by atoms with Gasteiger partial charge in [0, 0.05) is 0 Å². The topological polar surface area (TPSA) is 47.6 Å². The lowest BCUT2D eigenvalue weighted by Crippen LogP contribution is -2.24. The molecule has 0 atom stereocenters. The molecule has 0 saturated heterocycles. The van der Waals surface area contributed by atoms with Crippen molar-refractivity contribution in [2.24, 2.45) is 0 Å². The van der Waals surface area contributed by atoms with E-state index < -0.39 is 11.9 Å². The lowest BCUT2D eigenvalue weighted by atomic mass is 10.2. The number of hydrogen-bond donors (Lipinski definition) is 1. The summed E-state index contributed by atoms with van der Waals surface area (Å²) < 4.78 is 23.3. The molecule has 0 bridgehead atoms. The smallest absolute Gasteiger partial charge is 0.408 e. The second kappa shape index (κ2) is 8.44. The van der Waals surface area contributed by atoms with Crippen LogP contribution in [0.1, 0.15) is 11.1 Å². The van der Waals surface area contributed by atoms with E-state index in [0.717, 1.165) is 5.56 Å². The molecule has 118 valence electrons. The van der Waals surface area contributed by atoms with Crippen molar-refractivity contribution in [3.05, 3.63) is 65.5 Å². The van der Waals surface area contributed by atoms with E-state index >= 15 is 0 Å². The van der Waals surface area contributed by atoms with E-state index in [1.54, 1.807) is 0 Å². The first-order valence-corrected chi connectivity index (χ1v) is 6.96. The van der Waals surface area contributed by atoms with Crippen molar-refractivity contribution in [1.29, 1.82) is 0 Å². The maximum Gasteiger partial charge on any atom is 0.408 e. The standard InChI is InChI=1S/C18H16FNO3/c1-22-17-10-9-16(19)12-15(17)8-5-11-20-18(21)23-13-14-6-3-2-4-7-14/h2-4,6-7,9-10,12H,11,13H2,1H3,(H,20,21). The van der Waals surface area contributed by atoms with Gasteiger partial charge in [-0.1, -0.05) is 42.2 Å². The zero-order chi connectivity index (χ0) is 16.5. The van der Waals surface area contributed by atoms with Crippen LogP contribution in [0.25, 0.3) is 0 Å². The van der Waals surface area contributed by atoms with Crippen molar-refractivity contribution in [3.63, 3.8) is 0 Å². The zero-order valence-corrected chi connectivity index (χ0v) is 12.6. The molecule has 2 rings (SSSR count). The molecule has 0 fully saturated rings. The molecule has 0 heterocycles. The van der Waals surface area contributed by atoms with Gasteiger partial charge in [0.1, 0.15) is 18.2 Å². The largest absolute Gasteiger partial charge is 0.495 e. The lowest BCUT2D eigenvalue weighted by molar-refractivity contribution is 0.141. The Morgan fingerprint density at radius 1 is 1.22 bits per heavy atom. The van der Waals surface area contributed by atoms with Crippen LogP contribution >= 0.6 is 0 Å². The molecule has 5 heteroatoms. The highest BCUT2D eigenvalue weighted by atomic mass is 19.1. The van der Waals surface area contributed by atoms with Crippen LogP contribution in [0.5, 0.6) is 5.75 Å². The molecule has 0 unspecified atom stereocenters. The second-order valence-corrected chi connectivity index (χ2v) is 4.56. The van der Waals surface area contributed by atoms with Gasteiger partial charge < -0.3 is 14.8 Å². The average Bonchev–Trinajstić information content (AvgIpc) is 2.58. The number of halogens is 1. The third kappa shape index (κ3) is 5.36. The predicted molar refractivity (Wildman–Crippen MR) is 84.5 cm³/mol. The van der Waals surface area contributed by atoms with E-state index in [4.69, 9.17) is 9.47 Å². The van der Waals surface area contributed by atoms with Crippen LogP contribution in [0.2, 0.25) is 0 Å². The Balaban J connectivity index is 1.81. The molecule has 0 aliphatic rings. The summed E-state index contributed by atoms with van der Waals surface area (Å²) in [6.45, 7) is 0.283. The number of nitrogens with one attached hydrogen (secondary N) is 1. The highest BCUT2D eigenvalue weighted by Crippen LogP contribution is 2.17. The normalized spacial score (nSPS) is 9.48. The molecule has 2 aromatic carbocycles. The summed E-state index contributed by atoms with van der Waals surface area (Å²) in [5.41, 5.74) is 1.32. The summed E-state index contributed by atoms with van der Waals surface area (Å²) in [6, 6.07) is 13.4. The van der Waals surface area contributed by atoms with Crippen LogP contribution in [0.4, 0.5) is 9.18 Å². The van der Waals surface area contributed by atoms with Crippen LogP contribution in [-0.2, 0) is 11.3 Å². The van der Waals surface area contributed by atoms with E-state index in [9.17, 15) is 9.18 Å². The van der Waals surface area contributed by atoms with Gasteiger partial charge in [-0.25, -0.2) is 9.18 Å². The zero-order valence-electron chi connectivity index (χ0n) is 12.6. The van der Waals surface area contributed by atoms with E-state index in [0.29, 0.717) is 11.3 Å². The van der Waals surface area contributed by atoms with E-state index in [2.05, 4.69) is 17.2 Å². The molecule has 0 aromatic heterocycles. The molecule has 0 radical (unpaired) electrons. The summed E-state index contributed by atoms with van der Waals surface area (Å²) in [5, 5.41) is 2.51. The number of rotatable bonds is 4. The Morgan fingerprint density at radius 2 is 2.00 bits per heavy atom. The number of carbonyl (C=O) groups is 1. The second-order valence-electron chi connectivity index (χ2n) is 4.56. The number of benzene rings is 2. The molecule has 1 amide bonds. The quantitative estimate of drug-likeness (QED) is 0.882. The van der Waals surface area contributed by atoms with Gasteiger partial charge in [0.05, 0.1) is 19.2 Å². The first-order chi connectivity index (χ1) is 11.2. The summed E-state index contributed by atoms with van der Waals surface area (Å²) in [6.07, 6.45) is -0.561. The van der Waals surface area contributed by atoms with Crippen LogP contribution < -0.4 is 10.1 Å². The van der Waals surface area contributed by atoms with Gasteiger partial charge in [-0.15, -0.1) is 0 Å². The molecule has 0 spiro atoms. The molecule has 0 aliphatic carbocycles. The number of amides is 1. The summed E-state index contributed by atoms with van der Waals surface area (Å²) in [5.74, 6) is 5.55. The summed E-state index contributed by atoms with van der Waals surface area (Å²) in [4.78, 5) is 11.5. The Bertz CT molecular complexity index is 720. The maximum absolute atomic E-state index is 13.2. The highest BCUT2D eigenvalue weighted by molar-refractivity contribution is 5.67. The average molecular weight is 313 g/mol. The van der Waals surface area contributed by atoms with Gasteiger partial charge in [-0.2, -0.15) is 0 Å². The van der Waals surface area contributed by atoms with Gasteiger partial charge in [-0.05, 0) is 23.8 Å². The van der Waals surface area contributed by atoms with Gasteiger partial charge in [0.25, 0.3) is 0 Å². The Labute approximate surface area is 134 Å². The molecule has 23 heavy (non-hydrogen) atoms. The highest BCUT2D eigenvalue weighted by Gasteiger charge is 2.02. The fourth-order valence-corrected chi connectivity index (χ4v) is 1.81. The Morgan fingerprint density at radius 3 is 2.74 bits per heavy atom. The molecule has 2 aromatic rings. The first-order valence-electron chi connectivity index (χ1n) is 6.96. The SMILES string of the molecule is COc1ccc(F)cc1C#CCNC(=O)OCc1ccccc1. The third-order valence-electron chi connectivity index (χ3n) is 2.92. The van der Waals surface area contributed by atoms with E-state index in [1.807, 2.05) is 30.3 Å². The predicted octanol–water partition coefficient (Wildman–Crippen LogP) is 3.11. The van der Waals surface area contributed by atoms with Crippen molar-refractivity contribution in [1.82, 2.24) is 5.32 Å². The molecule has 0 aliphatic heterocycles. The van der Waals surface area contributed by atoms with Gasteiger partial charge in [-0.3, -0.25) is 0 Å². The van der Waals surface area contributed by atoms with E-state index in [-0.39, 0.29) is 13.2 Å². The molecule has 0 saturated carbocycles. The number of ether oxygens (including phenoxy) is 2. The van der Waals surface area contributed by atoms with Crippen molar-refractivity contribution >= 4 is 6.09 Å². The third-order valence-corrected chi connectivity index (χ3v) is 2.92. The van der Waals surface area contributed by atoms with Crippen LogP contribution in [0.3, 0.4) is 0 Å².